The van der Waals surface area contributed by atoms with E-state index in [2.05, 4.69) is 23.8 Å². The second-order valence-electron chi connectivity index (χ2n) is 8.05. The molecule has 5 heteroatoms. The summed E-state index contributed by atoms with van der Waals surface area (Å²) >= 11 is 0. The minimum absolute atomic E-state index is 0.208. The standard InChI is InChI=1S/C27H31FN2O2/c1-3-5-7-8-10-21-15-16-24(17-25(21)28)32-27(31)23-13-11-22(12-14-23)26-29-18-20(19-30-26)9-6-4-2/h11-19H,3-10H2,1-2H3. The molecule has 0 fully saturated rings. The first-order valence-electron chi connectivity index (χ1n) is 11.5. The van der Waals surface area contributed by atoms with Crippen molar-refractivity contribution in [3.63, 3.8) is 0 Å². The lowest BCUT2D eigenvalue weighted by Gasteiger charge is -2.08. The van der Waals surface area contributed by atoms with Crippen molar-refractivity contribution < 1.29 is 13.9 Å². The summed E-state index contributed by atoms with van der Waals surface area (Å²) in [6.07, 6.45) is 12.0. The van der Waals surface area contributed by atoms with Gasteiger partial charge in [0.15, 0.2) is 5.82 Å². The summed E-state index contributed by atoms with van der Waals surface area (Å²) in [7, 11) is 0. The minimum Gasteiger partial charge on any atom is -0.423 e. The predicted molar refractivity (Wildman–Crippen MR) is 125 cm³/mol. The van der Waals surface area contributed by atoms with Crippen LogP contribution in [0.1, 0.15) is 73.9 Å². The van der Waals surface area contributed by atoms with Crippen LogP contribution in [0.2, 0.25) is 0 Å². The van der Waals surface area contributed by atoms with Crippen LogP contribution in [0.4, 0.5) is 4.39 Å². The van der Waals surface area contributed by atoms with Crippen LogP contribution in [0.25, 0.3) is 11.4 Å². The van der Waals surface area contributed by atoms with Crippen LogP contribution in [0.5, 0.6) is 5.75 Å². The number of esters is 1. The van der Waals surface area contributed by atoms with E-state index in [4.69, 9.17) is 4.74 Å². The maximum atomic E-state index is 14.3. The number of carbonyl (C=O) groups is 1. The second-order valence-corrected chi connectivity index (χ2v) is 8.05. The van der Waals surface area contributed by atoms with Crippen molar-refractivity contribution in [1.82, 2.24) is 9.97 Å². The van der Waals surface area contributed by atoms with E-state index in [0.717, 1.165) is 56.1 Å². The fourth-order valence-electron chi connectivity index (χ4n) is 3.47. The number of halogens is 1. The van der Waals surface area contributed by atoms with E-state index in [1.54, 1.807) is 36.4 Å². The van der Waals surface area contributed by atoms with Crippen LogP contribution in [0, 0.1) is 5.82 Å². The molecule has 4 nitrogen and oxygen atoms in total. The lowest BCUT2D eigenvalue weighted by Crippen LogP contribution is -2.09. The highest BCUT2D eigenvalue weighted by molar-refractivity contribution is 5.91. The van der Waals surface area contributed by atoms with Crippen LogP contribution in [-0.2, 0) is 12.8 Å². The maximum absolute atomic E-state index is 14.3. The van der Waals surface area contributed by atoms with Crippen molar-refractivity contribution in [3.05, 3.63) is 77.4 Å². The number of rotatable bonds is 11. The van der Waals surface area contributed by atoms with Gasteiger partial charge >= 0.3 is 5.97 Å². The zero-order chi connectivity index (χ0) is 22.8. The molecule has 0 aliphatic carbocycles. The molecular formula is C27H31FN2O2. The number of benzene rings is 2. The van der Waals surface area contributed by atoms with E-state index < -0.39 is 5.97 Å². The third-order valence-corrected chi connectivity index (χ3v) is 5.44. The van der Waals surface area contributed by atoms with E-state index in [1.807, 2.05) is 12.4 Å². The van der Waals surface area contributed by atoms with Gasteiger partial charge in [-0.05, 0) is 55.0 Å². The number of nitrogens with zero attached hydrogens (tertiary/aromatic N) is 2. The molecule has 1 aromatic heterocycles. The number of carbonyl (C=O) groups excluding carboxylic acids is 1. The summed E-state index contributed by atoms with van der Waals surface area (Å²) in [5.74, 6) is -0.0363. The Labute approximate surface area is 189 Å². The second kappa shape index (κ2) is 12.1. The molecule has 3 rings (SSSR count). The van der Waals surface area contributed by atoms with Gasteiger partial charge in [0.2, 0.25) is 0 Å². The van der Waals surface area contributed by atoms with Gasteiger partial charge in [-0.2, -0.15) is 0 Å². The molecule has 32 heavy (non-hydrogen) atoms. The molecule has 0 amide bonds. The third kappa shape index (κ3) is 6.71. The SMILES string of the molecule is CCCCCCc1ccc(OC(=O)c2ccc(-c3ncc(CCCC)cn3)cc2)cc1F. The van der Waals surface area contributed by atoms with E-state index in [9.17, 15) is 9.18 Å². The van der Waals surface area contributed by atoms with Crippen LogP contribution < -0.4 is 4.74 Å². The van der Waals surface area contributed by atoms with Crippen LogP contribution >= 0.6 is 0 Å². The summed E-state index contributed by atoms with van der Waals surface area (Å²) in [5.41, 5.74) is 2.99. The molecule has 0 saturated carbocycles. The number of hydrogen-bond donors (Lipinski definition) is 0. The smallest absolute Gasteiger partial charge is 0.343 e. The van der Waals surface area contributed by atoms with E-state index in [0.29, 0.717) is 23.4 Å². The molecule has 0 bridgehead atoms. The zero-order valence-electron chi connectivity index (χ0n) is 18.9. The molecule has 1 heterocycles. The quantitative estimate of drug-likeness (QED) is 0.186. The van der Waals surface area contributed by atoms with Gasteiger partial charge in [-0.3, -0.25) is 0 Å². The Balaban J connectivity index is 1.59. The molecule has 2 aromatic carbocycles. The fraction of sp³-hybridized carbons (Fsp3) is 0.370. The summed E-state index contributed by atoms with van der Waals surface area (Å²) in [6, 6.07) is 11.6. The number of ether oxygens (including phenoxy) is 1. The average molecular weight is 435 g/mol. The van der Waals surface area contributed by atoms with Gasteiger partial charge < -0.3 is 4.74 Å². The maximum Gasteiger partial charge on any atom is 0.343 e. The molecule has 3 aromatic rings. The van der Waals surface area contributed by atoms with E-state index in [-0.39, 0.29) is 11.6 Å². The van der Waals surface area contributed by atoms with Crippen LogP contribution in [0.15, 0.2) is 54.9 Å². The molecule has 0 aliphatic rings. The number of aromatic nitrogens is 2. The molecule has 0 atom stereocenters. The topological polar surface area (TPSA) is 52.1 Å². The summed E-state index contributed by atoms with van der Waals surface area (Å²) in [5, 5.41) is 0. The highest BCUT2D eigenvalue weighted by Gasteiger charge is 2.12. The average Bonchev–Trinajstić information content (AvgIpc) is 2.82. The highest BCUT2D eigenvalue weighted by atomic mass is 19.1. The molecule has 0 N–H and O–H groups in total. The van der Waals surface area contributed by atoms with Gasteiger partial charge in [-0.15, -0.1) is 0 Å². The third-order valence-electron chi connectivity index (χ3n) is 5.44. The Hall–Kier alpha value is -3.08. The van der Waals surface area contributed by atoms with Gasteiger partial charge in [0.05, 0.1) is 5.56 Å². The van der Waals surface area contributed by atoms with Crippen molar-refractivity contribution in [3.8, 4) is 17.1 Å². The zero-order valence-corrected chi connectivity index (χ0v) is 18.9. The van der Waals surface area contributed by atoms with Gasteiger partial charge in [-0.25, -0.2) is 19.2 Å². The Morgan fingerprint density at radius 1 is 0.875 bits per heavy atom. The number of aryl methyl sites for hydroxylation is 2. The normalized spacial score (nSPS) is 10.8. The first kappa shape index (κ1) is 23.6. The van der Waals surface area contributed by atoms with Crippen molar-refractivity contribution in [2.75, 3.05) is 0 Å². The summed E-state index contributed by atoms with van der Waals surface area (Å²) < 4.78 is 19.7. The van der Waals surface area contributed by atoms with Crippen LogP contribution in [-0.4, -0.2) is 15.9 Å². The first-order valence-corrected chi connectivity index (χ1v) is 11.5. The summed E-state index contributed by atoms with van der Waals surface area (Å²) in [4.78, 5) is 21.3. The predicted octanol–water partition coefficient (Wildman–Crippen LogP) is 6.97. The van der Waals surface area contributed by atoms with Gasteiger partial charge in [0.25, 0.3) is 0 Å². The molecule has 0 aliphatic heterocycles. The summed E-state index contributed by atoms with van der Waals surface area (Å²) in [6.45, 7) is 4.31. The van der Waals surface area contributed by atoms with Crippen LogP contribution in [0.3, 0.4) is 0 Å². The Morgan fingerprint density at radius 3 is 2.25 bits per heavy atom. The Kier molecular flexibility index (Phi) is 8.90. The Bertz CT molecular complexity index is 1000. The monoisotopic (exact) mass is 434 g/mol. The minimum atomic E-state index is -0.525. The lowest BCUT2D eigenvalue weighted by molar-refractivity contribution is 0.0734. The van der Waals surface area contributed by atoms with Crippen molar-refractivity contribution in [1.29, 1.82) is 0 Å². The number of hydrogen-bond acceptors (Lipinski definition) is 4. The van der Waals surface area contributed by atoms with Crippen molar-refractivity contribution in [2.24, 2.45) is 0 Å². The molecule has 0 saturated heterocycles. The number of unbranched alkanes of at least 4 members (excludes halogenated alkanes) is 4. The van der Waals surface area contributed by atoms with Crippen molar-refractivity contribution in [2.45, 2.75) is 65.2 Å². The van der Waals surface area contributed by atoms with Crippen molar-refractivity contribution >= 4 is 5.97 Å². The fourth-order valence-corrected chi connectivity index (χ4v) is 3.47. The molecular weight excluding hydrogens is 403 g/mol. The first-order chi connectivity index (χ1) is 15.6. The highest BCUT2D eigenvalue weighted by Crippen LogP contribution is 2.21. The largest absolute Gasteiger partial charge is 0.423 e. The molecule has 0 spiro atoms. The molecule has 0 radical (unpaired) electrons. The van der Waals surface area contributed by atoms with Gasteiger partial charge in [0.1, 0.15) is 11.6 Å². The van der Waals surface area contributed by atoms with Gasteiger partial charge in [0, 0.05) is 24.0 Å². The molecule has 168 valence electrons. The lowest BCUT2D eigenvalue weighted by atomic mass is 10.1. The Morgan fingerprint density at radius 2 is 1.59 bits per heavy atom. The van der Waals surface area contributed by atoms with E-state index >= 15 is 0 Å². The van der Waals surface area contributed by atoms with E-state index in [1.165, 1.54) is 6.07 Å². The van der Waals surface area contributed by atoms with Gasteiger partial charge in [-0.1, -0.05) is 57.7 Å². The molecule has 0 unspecified atom stereocenters.